The van der Waals surface area contributed by atoms with Crippen molar-refractivity contribution in [2.75, 3.05) is 28.4 Å². The van der Waals surface area contributed by atoms with Crippen molar-refractivity contribution >= 4 is 5.91 Å². The van der Waals surface area contributed by atoms with Gasteiger partial charge in [0.1, 0.15) is 5.75 Å². The van der Waals surface area contributed by atoms with Gasteiger partial charge >= 0.3 is 0 Å². The fourth-order valence-electron chi connectivity index (χ4n) is 2.76. The zero-order valence-corrected chi connectivity index (χ0v) is 16.1. The first-order valence-electron chi connectivity index (χ1n) is 8.42. The summed E-state index contributed by atoms with van der Waals surface area (Å²) >= 11 is 0. The molecule has 0 heterocycles. The molecule has 2 aromatic carbocycles. The predicted octanol–water partition coefficient (Wildman–Crippen LogP) is 3.38. The highest BCUT2D eigenvalue weighted by Crippen LogP contribution is 2.38. The molecule has 0 aromatic heterocycles. The number of rotatable bonds is 9. The molecule has 144 valence electrons. The molecule has 2 rings (SSSR count). The summed E-state index contributed by atoms with van der Waals surface area (Å²) in [6.45, 7) is 4.06. The molecule has 0 fully saturated rings. The quantitative estimate of drug-likeness (QED) is 0.685. The second-order valence-electron chi connectivity index (χ2n) is 5.74. The van der Waals surface area contributed by atoms with Gasteiger partial charge < -0.3 is 24.3 Å². The number of ether oxygens (including phenoxy) is 4. The van der Waals surface area contributed by atoms with E-state index in [1.807, 2.05) is 6.07 Å². The number of allylic oxidation sites excluding steroid dienone is 1. The molecular formula is C21H25NO5. The van der Waals surface area contributed by atoms with Crippen LogP contribution in [0.5, 0.6) is 23.0 Å². The van der Waals surface area contributed by atoms with Crippen molar-refractivity contribution in [3.63, 3.8) is 0 Å². The number of amides is 1. The van der Waals surface area contributed by atoms with Crippen LogP contribution in [-0.4, -0.2) is 34.3 Å². The molecule has 6 heteroatoms. The van der Waals surface area contributed by atoms with Crippen LogP contribution in [0.4, 0.5) is 0 Å². The lowest BCUT2D eigenvalue weighted by atomic mass is 10.1. The minimum Gasteiger partial charge on any atom is -0.496 e. The van der Waals surface area contributed by atoms with Crippen molar-refractivity contribution in [3.8, 4) is 23.0 Å². The van der Waals surface area contributed by atoms with Crippen molar-refractivity contribution in [3.05, 3.63) is 59.7 Å². The fourth-order valence-corrected chi connectivity index (χ4v) is 2.76. The van der Waals surface area contributed by atoms with E-state index in [1.165, 1.54) is 0 Å². The second-order valence-corrected chi connectivity index (χ2v) is 5.74. The molecule has 0 saturated heterocycles. The molecule has 1 amide bonds. The normalized spacial score (nSPS) is 10.1. The van der Waals surface area contributed by atoms with E-state index in [9.17, 15) is 4.79 Å². The first-order chi connectivity index (χ1) is 13.1. The topological polar surface area (TPSA) is 66.0 Å². The SMILES string of the molecule is C=CCc1cc(C(=O)NCc2cc(OC)c(OC)c(OC)c2)ccc1OC. The van der Waals surface area contributed by atoms with Gasteiger partial charge in [-0.25, -0.2) is 0 Å². The smallest absolute Gasteiger partial charge is 0.251 e. The van der Waals surface area contributed by atoms with Crippen LogP contribution in [0.3, 0.4) is 0 Å². The third kappa shape index (κ3) is 4.73. The Kier molecular flexibility index (Phi) is 7.11. The van der Waals surface area contributed by atoms with Crippen LogP contribution in [0.2, 0.25) is 0 Å². The highest BCUT2D eigenvalue weighted by atomic mass is 16.5. The number of carbonyl (C=O) groups is 1. The summed E-state index contributed by atoms with van der Waals surface area (Å²) in [4.78, 5) is 12.5. The standard InChI is InChI=1S/C21H25NO5/c1-6-7-15-12-16(8-9-17(15)24-2)21(23)22-13-14-10-18(25-3)20(27-5)19(11-14)26-4/h6,8-12H,1,7,13H2,2-5H3,(H,22,23). The maximum atomic E-state index is 12.5. The summed E-state index contributed by atoms with van der Waals surface area (Å²) in [6.07, 6.45) is 2.40. The zero-order valence-electron chi connectivity index (χ0n) is 16.1. The van der Waals surface area contributed by atoms with E-state index >= 15 is 0 Å². The molecule has 27 heavy (non-hydrogen) atoms. The monoisotopic (exact) mass is 371 g/mol. The number of hydrogen-bond acceptors (Lipinski definition) is 5. The van der Waals surface area contributed by atoms with Crippen molar-refractivity contribution in [1.82, 2.24) is 5.32 Å². The Bertz CT molecular complexity index is 791. The van der Waals surface area contributed by atoms with Crippen molar-refractivity contribution < 1.29 is 23.7 Å². The van der Waals surface area contributed by atoms with Gasteiger partial charge in [-0.15, -0.1) is 6.58 Å². The van der Waals surface area contributed by atoms with Crippen molar-refractivity contribution in [2.45, 2.75) is 13.0 Å². The Morgan fingerprint density at radius 1 is 0.963 bits per heavy atom. The molecule has 0 spiro atoms. The lowest BCUT2D eigenvalue weighted by Gasteiger charge is -2.15. The van der Waals surface area contributed by atoms with Crippen LogP contribution >= 0.6 is 0 Å². The fraction of sp³-hybridized carbons (Fsp3) is 0.286. The van der Waals surface area contributed by atoms with Gasteiger partial charge in [0.05, 0.1) is 28.4 Å². The van der Waals surface area contributed by atoms with Gasteiger partial charge in [0.15, 0.2) is 11.5 Å². The Balaban J connectivity index is 2.18. The van der Waals surface area contributed by atoms with Crippen molar-refractivity contribution in [1.29, 1.82) is 0 Å². The van der Waals surface area contributed by atoms with E-state index in [2.05, 4.69) is 11.9 Å². The summed E-state index contributed by atoms with van der Waals surface area (Å²) < 4.78 is 21.3. The van der Waals surface area contributed by atoms with Crippen LogP contribution in [0.25, 0.3) is 0 Å². The molecular weight excluding hydrogens is 346 g/mol. The summed E-state index contributed by atoms with van der Waals surface area (Å²) in [7, 11) is 6.26. The minimum atomic E-state index is -0.184. The highest BCUT2D eigenvalue weighted by Gasteiger charge is 2.14. The molecule has 0 saturated carbocycles. The van der Waals surface area contributed by atoms with E-state index in [0.717, 1.165) is 16.9 Å². The number of benzene rings is 2. The Morgan fingerprint density at radius 2 is 1.59 bits per heavy atom. The molecule has 0 radical (unpaired) electrons. The maximum Gasteiger partial charge on any atom is 0.251 e. The van der Waals surface area contributed by atoms with E-state index in [0.29, 0.717) is 35.8 Å². The van der Waals surface area contributed by atoms with E-state index in [1.54, 1.807) is 58.8 Å². The first-order valence-corrected chi connectivity index (χ1v) is 8.42. The number of nitrogens with one attached hydrogen (secondary N) is 1. The highest BCUT2D eigenvalue weighted by molar-refractivity contribution is 5.94. The lowest BCUT2D eigenvalue weighted by Crippen LogP contribution is -2.23. The molecule has 0 aliphatic carbocycles. The van der Waals surface area contributed by atoms with E-state index < -0.39 is 0 Å². The molecule has 6 nitrogen and oxygen atoms in total. The van der Waals surface area contributed by atoms with Gasteiger partial charge in [-0.05, 0) is 47.9 Å². The van der Waals surface area contributed by atoms with Crippen molar-refractivity contribution in [2.24, 2.45) is 0 Å². The Labute approximate surface area is 159 Å². The summed E-state index contributed by atoms with van der Waals surface area (Å²) in [5.74, 6) is 2.14. The average molecular weight is 371 g/mol. The molecule has 0 bridgehead atoms. The molecule has 0 unspecified atom stereocenters. The zero-order chi connectivity index (χ0) is 19.8. The van der Waals surface area contributed by atoms with Crippen LogP contribution in [0.15, 0.2) is 43.0 Å². The van der Waals surface area contributed by atoms with Gasteiger partial charge in [0, 0.05) is 12.1 Å². The first kappa shape index (κ1) is 20.2. The Morgan fingerprint density at radius 3 is 2.11 bits per heavy atom. The third-order valence-corrected chi connectivity index (χ3v) is 4.08. The van der Waals surface area contributed by atoms with Crippen LogP contribution in [0.1, 0.15) is 21.5 Å². The molecule has 0 aliphatic rings. The van der Waals surface area contributed by atoms with Crippen LogP contribution in [-0.2, 0) is 13.0 Å². The number of hydrogen-bond donors (Lipinski definition) is 1. The summed E-state index contributed by atoms with van der Waals surface area (Å²) in [5.41, 5.74) is 2.30. The van der Waals surface area contributed by atoms with Crippen LogP contribution in [0, 0.1) is 0 Å². The third-order valence-electron chi connectivity index (χ3n) is 4.08. The lowest BCUT2D eigenvalue weighted by molar-refractivity contribution is 0.0950. The molecule has 0 atom stereocenters. The van der Waals surface area contributed by atoms with Gasteiger partial charge in [-0.1, -0.05) is 6.08 Å². The maximum absolute atomic E-state index is 12.5. The summed E-state index contributed by atoms with van der Waals surface area (Å²) in [6, 6.07) is 8.94. The van der Waals surface area contributed by atoms with Gasteiger partial charge in [0.2, 0.25) is 5.75 Å². The number of methoxy groups -OCH3 is 4. The summed E-state index contributed by atoms with van der Waals surface area (Å²) in [5, 5.41) is 2.90. The van der Waals surface area contributed by atoms with Gasteiger partial charge in [-0.3, -0.25) is 4.79 Å². The second kappa shape index (κ2) is 9.52. The van der Waals surface area contributed by atoms with Gasteiger partial charge in [0.25, 0.3) is 5.91 Å². The average Bonchev–Trinajstić information content (AvgIpc) is 2.71. The Hall–Kier alpha value is -3.15. The van der Waals surface area contributed by atoms with Crippen LogP contribution < -0.4 is 24.3 Å². The molecule has 0 aliphatic heterocycles. The predicted molar refractivity (Wildman–Crippen MR) is 104 cm³/mol. The minimum absolute atomic E-state index is 0.184. The van der Waals surface area contributed by atoms with Gasteiger partial charge in [-0.2, -0.15) is 0 Å². The molecule has 2 aromatic rings. The van der Waals surface area contributed by atoms with E-state index in [-0.39, 0.29) is 5.91 Å². The number of carbonyl (C=O) groups excluding carboxylic acids is 1. The van der Waals surface area contributed by atoms with E-state index in [4.69, 9.17) is 18.9 Å². The molecule has 1 N–H and O–H groups in total. The largest absolute Gasteiger partial charge is 0.496 e.